The minimum Gasteiger partial charge on any atom is -0.466 e. The summed E-state index contributed by atoms with van der Waals surface area (Å²) in [4.78, 5) is 26.8. The summed E-state index contributed by atoms with van der Waals surface area (Å²) >= 11 is 0. The van der Waals surface area contributed by atoms with Crippen LogP contribution in [0, 0.1) is 0 Å². The molecule has 3 N–H and O–H groups in total. The molecule has 0 bridgehead atoms. The fourth-order valence-electron chi connectivity index (χ4n) is 2.69. The zero-order valence-corrected chi connectivity index (χ0v) is 22.4. The molecule has 14 nitrogen and oxygen atoms in total. The lowest BCUT2D eigenvalue weighted by molar-refractivity contribution is -0.140. The number of hydrogen-bond acceptors (Lipinski definition) is 9. The van der Waals surface area contributed by atoms with Crippen molar-refractivity contribution in [2.45, 2.75) is 77.2 Å². The van der Waals surface area contributed by atoms with Crippen molar-refractivity contribution in [2.75, 3.05) is 33.0 Å². The van der Waals surface area contributed by atoms with Crippen molar-refractivity contribution in [2.24, 2.45) is 16.0 Å². The molecule has 2 saturated heterocycles. The van der Waals surface area contributed by atoms with Crippen LogP contribution in [0.4, 0.5) is 4.79 Å². The minimum atomic E-state index is -0.548. The van der Waals surface area contributed by atoms with Crippen LogP contribution in [0.2, 0.25) is 0 Å². The van der Waals surface area contributed by atoms with E-state index < -0.39 is 11.7 Å². The maximum atomic E-state index is 11.6. The second kappa shape index (κ2) is 21.1. The van der Waals surface area contributed by atoms with E-state index in [1.165, 1.54) is 6.92 Å². The SMILES string of the molecule is CC(C)(C)OC(=O)N[C@@H]1COCC[C@@H]1N=[N+]=[N-].CCOC(C)=O.Cl.Cl.[N-]=[N+]=N[C@H]1CCOC[C@H]1N. The van der Waals surface area contributed by atoms with E-state index in [1.807, 2.05) is 0 Å². The van der Waals surface area contributed by atoms with E-state index in [4.69, 9.17) is 31.0 Å². The molecule has 0 spiro atoms. The summed E-state index contributed by atoms with van der Waals surface area (Å²) in [6.07, 6.45) is 0.821. The van der Waals surface area contributed by atoms with Gasteiger partial charge in [0.1, 0.15) is 5.60 Å². The Hall–Kier alpha value is -2.18. The van der Waals surface area contributed by atoms with Gasteiger partial charge in [-0.3, -0.25) is 4.79 Å². The predicted molar refractivity (Wildman–Crippen MR) is 135 cm³/mol. The summed E-state index contributed by atoms with van der Waals surface area (Å²) in [6, 6.07) is -0.792. The normalized spacial score (nSPS) is 22.7. The second-order valence-electron chi connectivity index (χ2n) is 8.11. The molecule has 35 heavy (non-hydrogen) atoms. The van der Waals surface area contributed by atoms with Gasteiger partial charge in [-0.1, -0.05) is 10.2 Å². The molecular formula is C19H38Cl2N8O6. The zero-order valence-electron chi connectivity index (χ0n) is 20.8. The monoisotopic (exact) mass is 544 g/mol. The summed E-state index contributed by atoms with van der Waals surface area (Å²) in [5, 5.41) is 9.84. The predicted octanol–water partition coefficient (Wildman–Crippen LogP) is 3.80. The molecule has 2 fully saturated rings. The van der Waals surface area contributed by atoms with Gasteiger partial charge >= 0.3 is 12.1 Å². The summed E-state index contributed by atoms with van der Waals surface area (Å²) in [7, 11) is 0. The Morgan fingerprint density at radius 3 is 2.00 bits per heavy atom. The van der Waals surface area contributed by atoms with Crippen LogP contribution in [-0.2, 0) is 23.7 Å². The molecule has 4 atom stereocenters. The highest BCUT2D eigenvalue weighted by Crippen LogP contribution is 2.13. The zero-order chi connectivity index (χ0) is 25.3. The second-order valence-corrected chi connectivity index (χ2v) is 8.11. The number of nitrogens with zero attached hydrogens (tertiary/aromatic N) is 6. The first-order chi connectivity index (χ1) is 15.5. The molecule has 0 aromatic carbocycles. The highest BCUT2D eigenvalue weighted by atomic mass is 35.5. The van der Waals surface area contributed by atoms with Gasteiger partial charge in [-0.15, -0.1) is 24.8 Å². The molecule has 2 aliphatic heterocycles. The van der Waals surface area contributed by atoms with Gasteiger partial charge in [0.25, 0.3) is 0 Å². The molecule has 0 radical (unpaired) electrons. The van der Waals surface area contributed by atoms with Gasteiger partial charge < -0.3 is 30.0 Å². The van der Waals surface area contributed by atoms with Crippen molar-refractivity contribution in [3.05, 3.63) is 20.9 Å². The number of nitrogens with one attached hydrogen (secondary N) is 1. The Balaban J connectivity index is -0.000000485. The van der Waals surface area contributed by atoms with E-state index in [0.717, 1.165) is 6.42 Å². The topological polar surface area (TPSA) is 207 Å². The van der Waals surface area contributed by atoms with Crippen LogP contribution >= 0.6 is 24.8 Å². The van der Waals surface area contributed by atoms with E-state index in [1.54, 1.807) is 27.7 Å². The fraction of sp³-hybridized carbons (Fsp3) is 0.895. The van der Waals surface area contributed by atoms with Gasteiger partial charge in [-0.05, 0) is 51.6 Å². The smallest absolute Gasteiger partial charge is 0.407 e. The summed E-state index contributed by atoms with van der Waals surface area (Å²) in [6.45, 7) is 11.0. The molecule has 0 aromatic heterocycles. The van der Waals surface area contributed by atoms with E-state index in [9.17, 15) is 9.59 Å². The Kier molecular flexibility index (Phi) is 22.6. The van der Waals surface area contributed by atoms with E-state index in [2.05, 4.69) is 30.1 Å². The average Bonchev–Trinajstić information content (AvgIpc) is 2.71. The van der Waals surface area contributed by atoms with Crippen LogP contribution in [-0.4, -0.2) is 74.9 Å². The lowest BCUT2D eigenvalue weighted by atomic mass is 10.1. The average molecular weight is 545 g/mol. The number of ether oxygens (including phenoxy) is 4. The molecule has 204 valence electrons. The van der Waals surface area contributed by atoms with Gasteiger partial charge in [0.15, 0.2) is 0 Å². The molecule has 2 aliphatic rings. The van der Waals surface area contributed by atoms with Gasteiger partial charge in [-0.2, -0.15) is 0 Å². The number of alkyl carbamates (subject to hydrolysis) is 1. The lowest BCUT2D eigenvalue weighted by Crippen LogP contribution is -2.49. The highest BCUT2D eigenvalue weighted by molar-refractivity contribution is 5.85. The summed E-state index contributed by atoms with van der Waals surface area (Å²) in [5.41, 5.74) is 21.6. The largest absolute Gasteiger partial charge is 0.466 e. The van der Waals surface area contributed by atoms with Crippen LogP contribution in [0.3, 0.4) is 0 Å². The first-order valence-corrected chi connectivity index (χ1v) is 10.7. The summed E-state index contributed by atoms with van der Waals surface area (Å²) < 4.78 is 19.8. The first kappa shape index (κ1) is 37.4. The van der Waals surface area contributed by atoms with Crippen LogP contribution < -0.4 is 11.1 Å². The Bertz CT molecular complexity index is 699. The Morgan fingerprint density at radius 1 is 1.06 bits per heavy atom. The lowest BCUT2D eigenvalue weighted by Gasteiger charge is -2.30. The third-order valence-electron chi connectivity index (χ3n) is 4.13. The Labute approximate surface area is 218 Å². The number of esters is 1. The molecule has 0 saturated carbocycles. The van der Waals surface area contributed by atoms with Crippen LogP contribution in [0.5, 0.6) is 0 Å². The standard InChI is InChI=1S/C10H18N4O3.C5H10N4O.C4H8O2.2ClH/c1-10(2,3)17-9(15)12-8-6-16-5-4-7(8)13-14-11;6-4-3-10-2-1-5(4)8-9-7;1-3-6-4(2)5;;/h7-8H,4-6H2,1-3H3,(H,12,15);4-5H,1-3,6H2;3H2,1-2H3;2*1H/t7-,8+;4-,5+;;;/m01.../s1. The fourth-order valence-corrected chi connectivity index (χ4v) is 2.69. The molecule has 2 rings (SSSR count). The number of azide groups is 2. The molecule has 0 unspecified atom stereocenters. The van der Waals surface area contributed by atoms with Crippen molar-refractivity contribution >= 4 is 36.9 Å². The van der Waals surface area contributed by atoms with E-state index >= 15 is 0 Å². The van der Waals surface area contributed by atoms with Gasteiger partial charge in [0.05, 0.1) is 37.9 Å². The molecule has 16 heteroatoms. The van der Waals surface area contributed by atoms with Crippen molar-refractivity contribution in [1.82, 2.24) is 5.32 Å². The molecule has 0 aliphatic carbocycles. The van der Waals surface area contributed by atoms with Gasteiger partial charge in [0, 0.05) is 36.0 Å². The quantitative estimate of drug-likeness (QED) is 0.231. The van der Waals surface area contributed by atoms with Crippen molar-refractivity contribution in [3.63, 3.8) is 0 Å². The third-order valence-corrected chi connectivity index (χ3v) is 4.13. The number of hydrogen-bond donors (Lipinski definition) is 2. The number of carbonyl (C=O) groups excluding carboxylic acids is 2. The van der Waals surface area contributed by atoms with Crippen LogP contribution in [0.1, 0.15) is 47.5 Å². The molecular weight excluding hydrogens is 507 g/mol. The number of rotatable bonds is 4. The van der Waals surface area contributed by atoms with Gasteiger partial charge in [-0.25, -0.2) is 4.79 Å². The number of halogens is 2. The minimum absolute atomic E-state index is 0. The van der Waals surface area contributed by atoms with Crippen LogP contribution in [0.15, 0.2) is 10.2 Å². The van der Waals surface area contributed by atoms with Gasteiger partial charge in [0.2, 0.25) is 0 Å². The first-order valence-electron chi connectivity index (χ1n) is 10.7. The summed E-state index contributed by atoms with van der Waals surface area (Å²) in [5.74, 6) is -0.211. The van der Waals surface area contributed by atoms with Crippen molar-refractivity contribution < 1.29 is 28.5 Å². The highest BCUT2D eigenvalue weighted by Gasteiger charge is 2.28. The van der Waals surface area contributed by atoms with Crippen molar-refractivity contribution in [3.8, 4) is 0 Å². The Morgan fingerprint density at radius 2 is 1.57 bits per heavy atom. The molecule has 2 heterocycles. The molecule has 1 amide bonds. The number of carbonyl (C=O) groups is 2. The van der Waals surface area contributed by atoms with E-state index in [-0.39, 0.29) is 55.0 Å². The maximum Gasteiger partial charge on any atom is 0.407 e. The maximum absolute atomic E-state index is 11.6. The van der Waals surface area contributed by atoms with Crippen molar-refractivity contribution in [1.29, 1.82) is 0 Å². The molecule has 0 aromatic rings. The van der Waals surface area contributed by atoms with E-state index in [0.29, 0.717) is 39.5 Å². The third kappa shape index (κ3) is 19.8. The number of amides is 1. The number of nitrogens with two attached hydrogens (primary N) is 1. The van der Waals surface area contributed by atoms with Crippen LogP contribution in [0.25, 0.3) is 20.9 Å².